The molecule has 0 aliphatic rings. The van der Waals surface area contributed by atoms with Crippen LogP contribution in [0.15, 0.2) is 28.7 Å². The monoisotopic (exact) mass is 238 g/mol. The molecule has 1 unspecified atom stereocenters. The maximum absolute atomic E-state index is 6.05. The third kappa shape index (κ3) is 2.07. The summed E-state index contributed by atoms with van der Waals surface area (Å²) in [7, 11) is 0. The molecule has 86 valence electrons. The highest BCUT2D eigenvalue weighted by Gasteiger charge is 2.14. The highest BCUT2D eigenvalue weighted by Crippen LogP contribution is 2.30. The van der Waals surface area contributed by atoms with E-state index in [0.29, 0.717) is 5.02 Å². The van der Waals surface area contributed by atoms with Gasteiger partial charge in [-0.1, -0.05) is 37.1 Å². The lowest BCUT2D eigenvalue weighted by molar-refractivity contribution is 0.414. The average Bonchev–Trinajstić information content (AvgIpc) is 2.71. The quantitative estimate of drug-likeness (QED) is 0.634. The van der Waals surface area contributed by atoms with Crippen molar-refractivity contribution in [2.75, 3.05) is 0 Å². The molecule has 16 heavy (non-hydrogen) atoms. The molecular weight excluding hydrogens is 224 g/mol. The van der Waals surface area contributed by atoms with Gasteiger partial charge in [-0.3, -0.25) is 5.84 Å². The highest BCUT2D eigenvalue weighted by molar-refractivity contribution is 6.34. The van der Waals surface area contributed by atoms with Gasteiger partial charge in [-0.25, -0.2) is 5.43 Å². The van der Waals surface area contributed by atoms with Crippen LogP contribution in [0, 0.1) is 0 Å². The van der Waals surface area contributed by atoms with Crippen molar-refractivity contribution in [3.8, 4) is 0 Å². The molecule has 0 saturated heterocycles. The van der Waals surface area contributed by atoms with Crippen LogP contribution in [0.3, 0.4) is 0 Å². The van der Waals surface area contributed by atoms with Crippen LogP contribution in [0.5, 0.6) is 0 Å². The Hall–Kier alpha value is -1.03. The van der Waals surface area contributed by atoms with Crippen LogP contribution in [0.1, 0.15) is 31.6 Å². The first-order chi connectivity index (χ1) is 7.76. The van der Waals surface area contributed by atoms with E-state index in [2.05, 4.69) is 12.3 Å². The van der Waals surface area contributed by atoms with Gasteiger partial charge in [-0.05, 0) is 18.6 Å². The highest BCUT2D eigenvalue weighted by atomic mass is 35.5. The molecule has 1 aromatic heterocycles. The number of para-hydroxylation sites is 1. The van der Waals surface area contributed by atoms with Gasteiger partial charge in [-0.2, -0.15) is 0 Å². The SMILES string of the molecule is CCCC(NN)c1cc2cccc(Cl)c2o1. The lowest BCUT2D eigenvalue weighted by atomic mass is 10.1. The van der Waals surface area contributed by atoms with Gasteiger partial charge in [-0.15, -0.1) is 0 Å². The van der Waals surface area contributed by atoms with Crippen LogP contribution in [-0.4, -0.2) is 0 Å². The van der Waals surface area contributed by atoms with Crippen molar-refractivity contribution in [1.29, 1.82) is 0 Å². The Kier molecular flexibility index (Phi) is 3.49. The number of hydrazine groups is 1. The van der Waals surface area contributed by atoms with E-state index in [0.717, 1.165) is 29.6 Å². The summed E-state index contributed by atoms with van der Waals surface area (Å²) in [5.41, 5.74) is 3.49. The number of nitrogens with two attached hydrogens (primary N) is 1. The predicted molar refractivity (Wildman–Crippen MR) is 66.2 cm³/mol. The molecule has 0 bridgehead atoms. The third-order valence-electron chi connectivity index (χ3n) is 2.64. The van der Waals surface area contributed by atoms with Crippen molar-refractivity contribution in [3.05, 3.63) is 35.0 Å². The Bertz CT molecular complexity index is 481. The fraction of sp³-hybridized carbons (Fsp3) is 0.333. The molecule has 1 atom stereocenters. The van der Waals surface area contributed by atoms with E-state index in [4.69, 9.17) is 21.9 Å². The summed E-state index contributed by atoms with van der Waals surface area (Å²) in [4.78, 5) is 0. The molecule has 0 amide bonds. The maximum Gasteiger partial charge on any atom is 0.152 e. The van der Waals surface area contributed by atoms with E-state index in [1.165, 1.54) is 0 Å². The molecular formula is C12H15ClN2O. The van der Waals surface area contributed by atoms with E-state index < -0.39 is 0 Å². The Morgan fingerprint density at radius 2 is 2.31 bits per heavy atom. The van der Waals surface area contributed by atoms with Crippen LogP contribution in [-0.2, 0) is 0 Å². The van der Waals surface area contributed by atoms with Gasteiger partial charge in [0.15, 0.2) is 5.58 Å². The minimum absolute atomic E-state index is 0.0495. The molecule has 0 fully saturated rings. The van der Waals surface area contributed by atoms with Gasteiger partial charge in [0.25, 0.3) is 0 Å². The number of benzene rings is 1. The average molecular weight is 239 g/mol. The Labute approximate surface area is 99.5 Å². The number of rotatable bonds is 4. The fourth-order valence-corrected chi connectivity index (χ4v) is 2.04. The second-order valence-corrected chi connectivity index (χ2v) is 4.22. The first-order valence-electron chi connectivity index (χ1n) is 5.40. The molecule has 3 nitrogen and oxygen atoms in total. The van der Waals surface area contributed by atoms with Gasteiger partial charge in [0, 0.05) is 5.39 Å². The fourth-order valence-electron chi connectivity index (χ4n) is 1.82. The van der Waals surface area contributed by atoms with Crippen molar-refractivity contribution in [2.24, 2.45) is 5.84 Å². The van der Waals surface area contributed by atoms with Gasteiger partial charge < -0.3 is 4.42 Å². The molecule has 0 aliphatic carbocycles. The zero-order chi connectivity index (χ0) is 11.5. The summed E-state index contributed by atoms with van der Waals surface area (Å²) in [6.45, 7) is 2.11. The lowest BCUT2D eigenvalue weighted by Crippen LogP contribution is -2.27. The largest absolute Gasteiger partial charge is 0.458 e. The number of hydrogen-bond donors (Lipinski definition) is 2. The van der Waals surface area contributed by atoms with Crippen LogP contribution in [0.2, 0.25) is 5.02 Å². The summed E-state index contributed by atoms with van der Waals surface area (Å²) in [6.07, 6.45) is 1.98. The Morgan fingerprint density at radius 3 is 2.94 bits per heavy atom. The summed E-state index contributed by atoms with van der Waals surface area (Å²) >= 11 is 6.05. The Balaban J connectivity index is 2.42. The predicted octanol–water partition coefficient (Wildman–Crippen LogP) is 3.39. The van der Waals surface area contributed by atoms with Crippen molar-refractivity contribution in [1.82, 2.24) is 5.43 Å². The number of halogens is 1. The van der Waals surface area contributed by atoms with Crippen molar-refractivity contribution < 1.29 is 4.42 Å². The van der Waals surface area contributed by atoms with Crippen LogP contribution in [0.25, 0.3) is 11.0 Å². The normalized spacial score (nSPS) is 13.2. The molecule has 3 N–H and O–H groups in total. The first-order valence-corrected chi connectivity index (χ1v) is 5.78. The van der Waals surface area contributed by atoms with E-state index in [-0.39, 0.29) is 6.04 Å². The maximum atomic E-state index is 6.05. The van der Waals surface area contributed by atoms with E-state index in [1.54, 1.807) is 0 Å². The lowest BCUT2D eigenvalue weighted by Gasteiger charge is -2.10. The number of furan rings is 1. The molecule has 1 heterocycles. The summed E-state index contributed by atoms with van der Waals surface area (Å²) in [5.74, 6) is 6.35. The summed E-state index contributed by atoms with van der Waals surface area (Å²) in [6, 6.07) is 7.75. The van der Waals surface area contributed by atoms with Crippen LogP contribution < -0.4 is 11.3 Å². The third-order valence-corrected chi connectivity index (χ3v) is 2.93. The number of hydrogen-bond acceptors (Lipinski definition) is 3. The molecule has 1 aromatic carbocycles. The Morgan fingerprint density at radius 1 is 1.50 bits per heavy atom. The zero-order valence-corrected chi connectivity index (χ0v) is 9.92. The molecule has 0 saturated carbocycles. The van der Waals surface area contributed by atoms with Crippen LogP contribution in [0.4, 0.5) is 0 Å². The molecule has 2 aromatic rings. The second kappa shape index (κ2) is 4.87. The minimum atomic E-state index is 0.0495. The zero-order valence-electron chi connectivity index (χ0n) is 9.16. The molecule has 0 spiro atoms. The first kappa shape index (κ1) is 11.5. The molecule has 0 radical (unpaired) electrons. The summed E-state index contributed by atoms with van der Waals surface area (Å²) in [5, 5.41) is 1.65. The van der Waals surface area contributed by atoms with E-state index in [9.17, 15) is 0 Å². The standard InChI is InChI=1S/C12H15ClN2O/c1-2-4-10(15-14)11-7-8-5-3-6-9(13)12(8)16-11/h3,5-7,10,15H,2,4,14H2,1H3. The molecule has 2 rings (SSSR count). The van der Waals surface area contributed by atoms with Crippen molar-refractivity contribution in [2.45, 2.75) is 25.8 Å². The van der Waals surface area contributed by atoms with Crippen LogP contribution >= 0.6 is 11.6 Å². The minimum Gasteiger partial charge on any atom is -0.458 e. The van der Waals surface area contributed by atoms with Gasteiger partial charge in [0.2, 0.25) is 0 Å². The summed E-state index contributed by atoms with van der Waals surface area (Å²) < 4.78 is 5.73. The van der Waals surface area contributed by atoms with Gasteiger partial charge >= 0.3 is 0 Å². The smallest absolute Gasteiger partial charge is 0.152 e. The molecule has 4 heteroatoms. The van der Waals surface area contributed by atoms with Gasteiger partial charge in [0.05, 0.1) is 11.1 Å². The molecule has 0 aliphatic heterocycles. The topological polar surface area (TPSA) is 51.2 Å². The van der Waals surface area contributed by atoms with E-state index in [1.807, 2.05) is 24.3 Å². The van der Waals surface area contributed by atoms with Crippen molar-refractivity contribution >= 4 is 22.6 Å². The van der Waals surface area contributed by atoms with Gasteiger partial charge in [0.1, 0.15) is 5.76 Å². The number of fused-ring (bicyclic) bond motifs is 1. The van der Waals surface area contributed by atoms with E-state index >= 15 is 0 Å². The second-order valence-electron chi connectivity index (χ2n) is 3.81. The number of nitrogens with one attached hydrogen (secondary N) is 1. The van der Waals surface area contributed by atoms with Crippen molar-refractivity contribution in [3.63, 3.8) is 0 Å².